The van der Waals surface area contributed by atoms with Gasteiger partial charge < -0.3 is 9.64 Å². The molecular formula is C31H28Br2N4O4. The average Bonchev–Trinajstić information content (AvgIpc) is 3.39. The first kappa shape index (κ1) is 27.8. The number of carbonyl (C=O) groups excluding carboxylic acids is 1. The summed E-state index contributed by atoms with van der Waals surface area (Å²) in [5.74, 6) is -0.322. The molecule has 210 valence electrons. The molecule has 0 spiro atoms. The number of amides is 1. The Kier molecular flexibility index (Phi) is 8.05. The van der Waals surface area contributed by atoms with E-state index in [0.717, 1.165) is 50.6 Å². The molecule has 1 amide bonds. The molecular weight excluding hydrogens is 652 g/mol. The van der Waals surface area contributed by atoms with Gasteiger partial charge in [0, 0.05) is 39.6 Å². The molecule has 41 heavy (non-hydrogen) atoms. The second-order valence-corrected chi connectivity index (χ2v) is 12.2. The van der Waals surface area contributed by atoms with Crippen molar-refractivity contribution < 1.29 is 14.5 Å². The Morgan fingerprint density at radius 2 is 1.68 bits per heavy atom. The number of benzene rings is 3. The van der Waals surface area contributed by atoms with Gasteiger partial charge in [-0.3, -0.25) is 14.9 Å². The number of morpholine rings is 1. The van der Waals surface area contributed by atoms with Gasteiger partial charge in [0.1, 0.15) is 5.69 Å². The maximum Gasteiger partial charge on any atom is 0.293 e. The van der Waals surface area contributed by atoms with Gasteiger partial charge >= 0.3 is 0 Å². The molecule has 10 heteroatoms. The van der Waals surface area contributed by atoms with Crippen LogP contribution in [-0.4, -0.2) is 47.9 Å². The van der Waals surface area contributed by atoms with E-state index in [1.54, 1.807) is 17.1 Å². The Morgan fingerprint density at radius 3 is 2.37 bits per heavy atom. The number of hydrazone groups is 1. The van der Waals surface area contributed by atoms with Crippen molar-refractivity contribution in [1.82, 2.24) is 5.01 Å². The number of allylic oxidation sites excluding steroid dienone is 1. The van der Waals surface area contributed by atoms with Gasteiger partial charge in [-0.1, -0.05) is 56.1 Å². The summed E-state index contributed by atoms with van der Waals surface area (Å²) < 4.78 is 7.38. The molecule has 1 saturated heterocycles. The molecule has 3 aliphatic rings. The molecule has 1 saturated carbocycles. The van der Waals surface area contributed by atoms with Crippen LogP contribution in [0.2, 0.25) is 0 Å². The van der Waals surface area contributed by atoms with Crippen LogP contribution in [0.25, 0.3) is 6.08 Å². The predicted octanol–water partition coefficient (Wildman–Crippen LogP) is 7.39. The van der Waals surface area contributed by atoms with Gasteiger partial charge in [-0.15, -0.1) is 0 Å². The van der Waals surface area contributed by atoms with Crippen LogP contribution < -0.4 is 4.90 Å². The molecule has 0 N–H and O–H groups in total. The van der Waals surface area contributed by atoms with Crippen LogP contribution >= 0.6 is 31.9 Å². The first-order valence-electron chi connectivity index (χ1n) is 13.6. The summed E-state index contributed by atoms with van der Waals surface area (Å²) >= 11 is 7.02. The van der Waals surface area contributed by atoms with Gasteiger partial charge in [0.05, 0.1) is 29.9 Å². The fourth-order valence-corrected chi connectivity index (χ4v) is 6.46. The molecule has 2 atom stereocenters. The molecule has 3 aromatic carbocycles. The number of halogens is 2. The summed E-state index contributed by atoms with van der Waals surface area (Å²) in [6.45, 7) is 2.15. The lowest BCUT2D eigenvalue weighted by molar-refractivity contribution is -0.384. The highest BCUT2D eigenvalue weighted by molar-refractivity contribution is 9.10. The van der Waals surface area contributed by atoms with E-state index in [4.69, 9.17) is 9.84 Å². The first-order valence-corrected chi connectivity index (χ1v) is 15.2. The van der Waals surface area contributed by atoms with E-state index in [9.17, 15) is 14.9 Å². The molecule has 0 bridgehead atoms. The van der Waals surface area contributed by atoms with Gasteiger partial charge in [-0.2, -0.15) is 5.10 Å². The highest BCUT2D eigenvalue weighted by atomic mass is 79.9. The number of carbonyl (C=O) groups is 1. The minimum Gasteiger partial charge on any atom is -0.378 e. The van der Waals surface area contributed by atoms with Gasteiger partial charge in [0.2, 0.25) is 0 Å². The Morgan fingerprint density at radius 1 is 1.00 bits per heavy atom. The van der Waals surface area contributed by atoms with Crippen molar-refractivity contribution in [3.63, 3.8) is 0 Å². The second kappa shape index (κ2) is 11.9. The molecule has 0 radical (unpaired) electrons. The largest absolute Gasteiger partial charge is 0.378 e. The van der Waals surface area contributed by atoms with Crippen LogP contribution in [0, 0.1) is 16.0 Å². The minimum absolute atomic E-state index is 0.0261. The van der Waals surface area contributed by atoms with Crippen molar-refractivity contribution in [3.05, 3.63) is 108 Å². The quantitative estimate of drug-likeness (QED) is 0.207. The average molecular weight is 680 g/mol. The van der Waals surface area contributed by atoms with E-state index in [0.29, 0.717) is 32.0 Å². The minimum atomic E-state index is -0.414. The molecule has 6 rings (SSSR count). The van der Waals surface area contributed by atoms with E-state index >= 15 is 0 Å². The number of nitro benzene ring substituents is 1. The number of nitrogens with zero attached hydrogens (tertiary/aromatic N) is 4. The van der Waals surface area contributed by atoms with Crippen molar-refractivity contribution in [3.8, 4) is 0 Å². The van der Waals surface area contributed by atoms with Crippen LogP contribution in [0.5, 0.6) is 0 Å². The van der Waals surface area contributed by atoms with E-state index in [-0.39, 0.29) is 29.1 Å². The highest BCUT2D eigenvalue weighted by Gasteiger charge is 2.44. The van der Waals surface area contributed by atoms with Crippen molar-refractivity contribution in [1.29, 1.82) is 0 Å². The molecule has 2 fully saturated rings. The van der Waals surface area contributed by atoms with E-state index in [1.165, 1.54) is 6.07 Å². The van der Waals surface area contributed by atoms with Crippen molar-refractivity contribution in [2.24, 2.45) is 11.0 Å². The van der Waals surface area contributed by atoms with E-state index in [1.807, 2.05) is 41.3 Å². The maximum absolute atomic E-state index is 14.1. The number of fused-ring (bicyclic) bond motifs is 1. The standard InChI is InChI=1S/C31H28Br2N4O4/c32-24-9-4-20(5-10-24)18-22-2-1-3-26-29(22)34-36(30(26)21-6-11-25(33)12-7-21)31(38)23-8-13-27(28(19-23)37(39)40)35-14-16-41-17-15-35/h4-13,18-19,26,30H,1-3,14-17H2/b22-18-/t26-,30-/m0/s1. The smallest absolute Gasteiger partial charge is 0.293 e. The van der Waals surface area contributed by atoms with Crippen LogP contribution in [-0.2, 0) is 4.74 Å². The molecule has 0 unspecified atom stereocenters. The zero-order valence-electron chi connectivity index (χ0n) is 22.2. The molecule has 2 heterocycles. The summed E-state index contributed by atoms with van der Waals surface area (Å²) in [6, 6.07) is 20.6. The molecule has 8 nitrogen and oxygen atoms in total. The topological polar surface area (TPSA) is 88.3 Å². The van der Waals surface area contributed by atoms with Crippen LogP contribution in [0.1, 0.15) is 46.8 Å². The molecule has 3 aromatic rings. The maximum atomic E-state index is 14.1. The number of rotatable bonds is 5. The number of ether oxygens (including phenoxy) is 1. The predicted molar refractivity (Wildman–Crippen MR) is 166 cm³/mol. The zero-order valence-corrected chi connectivity index (χ0v) is 25.4. The fourth-order valence-electron chi connectivity index (χ4n) is 5.93. The summed E-state index contributed by atoms with van der Waals surface area (Å²) in [4.78, 5) is 27.8. The SMILES string of the molecule is O=C(c1ccc(N2CCOCC2)c([N+](=O)[O-])c1)N1N=C2/C(=C\c3ccc(Br)cc3)CCC[C@@H]2[C@@H]1c1ccc(Br)cc1. The van der Waals surface area contributed by atoms with Crippen LogP contribution in [0.4, 0.5) is 11.4 Å². The summed E-state index contributed by atoms with van der Waals surface area (Å²) in [7, 11) is 0. The zero-order chi connectivity index (χ0) is 28.5. The Labute approximate surface area is 255 Å². The van der Waals surface area contributed by atoms with Gasteiger partial charge in [-0.25, -0.2) is 5.01 Å². The third-order valence-electron chi connectivity index (χ3n) is 7.90. The summed E-state index contributed by atoms with van der Waals surface area (Å²) in [5, 5.41) is 18.6. The number of hydrogen-bond donors (Lipinski definition) is 0. The summed E-state index contributed by atoms with van der Waals surface area (Å²) in [5.41, 5.74) is 4.76. The van der Waals surface area contributed by atoms with Crippen molar-refractivity contribution in [2.45, 2.75) is 25.3 Å². The van der Waals surface area contributed by atoms with Crippen LogP contribution in [0.3, 0.4) is 0 Å². The summed E-state index contributed by atoms with van der Waals surface area (Å²) in [6.07, 6.45) is 4.92. The Balaban J connectivity index is 1.40. The fraction of sp³-hybridized carbons (Fsp3) is 0.290. The monoisotopic (exact) mass is 678 g/mol. The molecule has 0 aromatic heterocycles. The van der Waals surface area contributed by atoms with E-state index in [2.05, 4.69) is 50.1 Å². The normalized spacial score (nSPS) is 21.5. The number of anilines is 1. The second-order valence-electron chi connectivity index (χ2n) is 10.4. The lowest BCUT2D eigenvalue weighted by Gasteiger charge is -2.30. The van der Waals surface area contributed by atoms with Crippen LogP contribution in [0.15, 0.2) is 86.3 Å². The van der Waals surface area contributed by atoms with Gasteiger partial charge in [0.15, 0.2) is 0 Å². The lowest BCUT2D eigenvalue weighted by atomic mass is 9.77. The number of hydrogen-bond acceptors (Lipinski definition) is 6. The van der Waals surface area contributed by atoms with Crippen molar-refractivity contribution in [2.75, 3.05) is 31.2 Å². The first-order chi connectivity index (χ1) is 19.9. The van der Waals surface area contributed by atoms with Gasteiger partial charge in [0.25, 0.3) is 11.6 Å². The molecule has 1 aliphatic carbocycles. The Hall–Kier alpha value is -3.34. The third kappa shape index (κ3) is 5.73. The Bertz CT molecular complexity index is 1530. The highest BCUT2D eigenvalue weighted by Crippen LogP contribution is 2.45. The molecule has 2 aliphatic heterocycles. The third-order valence-corrected chi connectivity index (χ3v) is 8.96. The number of nitro groups is 1. The van der Waals surface area contributed by atoms with Crippen molar-refractivity contribution >= 4 is 60.9 Å². The van der Waals surface area contributed by atoms with E-state index < -0.39 is 4.92 Å². The van der Waals surface area contributed by atoms with Gasteiger partial charge in [-0.05, 0) is 78.4 Å². The lowest BCUT2D eigenvalue weighted by Crippen LogP contribution is -2.36.